The number of aromatic nitrogens is 6. The second-order valence-corrected chi connectivity index (χ2v) is 12.1. The second kappa shape index (κ2) is 12.7. The van der Waals surface area contributed by atoms with Crippen LogP contribution in [0, 0.1) is 6.92 Å². The molecule has 0 aliphatic carbocycles. The third kappa shape index (κ3) is 6.09. The van der Waals surface area contributed by atoms with Crippen molar-refractivity contribution in [2.75, 3.05) is 45.9 Å². The van der Waals surface area contributed by atoms with Crippen LogP contribution < -0.4 is 10.3 Å². The maximum Gasteiger partial charge on any atom is 0.279 e. The highest BCUT2D eigenvalue weighted by atomic mass is 32.2. The lowest BCUT2D eigenvalue weighted by atomic mass is 10.1. The molecule has 3 aromatic heterocycles. The highest BCUT2D eigenvalue weighted by Crippen LogP contribution is 2.32. The number of aryl methyl sites for hydroxylation is 2. The Labute approximate surface area is 243 Å². The normalized spacial score (nSPS) is 15.0. The Kier molecular flexibility index (Phi) is 9.01. The molecule has 1 aliphatic rings. The van der Waals surface area contributed by atoms with Gasteiger partial charge in [0.1, 0.15) is 23.6 Å². The Hall–Kier alpha value is -3.66. The van der Waals surface area contributed by atoms with Crippen molar-refractivity contribution in [1.82, 2.24) is 39.1 Å². The first-order valence-corrected chi connectivity index (χ1v) is 15.6. The van der Waals surface area contributed by atoms with E-state index < -0.39 is 15.6 Å². The van der Waals surface area contributed by atoms with E-state index in [1.165, 1.54) is 16.4 Å². The van der Waals surface area contributed by atoms with E-state index in [0.29, 0.717) is 74.3 Å². The average molecular weight is 601 g/mol. The van der Waals surface area contributed by atoms with Gasteiger partial charge in [-0.05, 0) is 31.0 Å². The number of ether oxygens (including phenoxy) is 1. The van der Waals surface area contributed by atoms with E-state index in [1.54, 1.807) is 17.7 Å². The first-order chi connectivity index (χ1) is 20.2. The third-order valence-corrected chi connectivity index (χ3v) is 9.00. The summed E-state index contributed by atoms with van der Waals surface area (Å²) >= 11 is 0. The smallest absolute Gasteiger partial charge is 0.279 e. The SMILES string of the molecule is CCCOc1ccc(S(=O)(=O)N2CCN(CCO)CC2)cc1-c1nc2c(CCC)n(Cc3noc(C)n3)nc2c(=O)[nH]1. The number of aliphatic hydroxyl groups is 1. The van der Waals surface area contributed by atoms with Crippen LogP contribution in [0.15, 0.2) is 32.4 Å². The number of nitrogens with zero attached hydrogens (tertiary/aromatic N) is 7. The Morgan fingerprint density at radius 1 is 1.10 bits per heavy atom. The Balaban J connectivity index is 1.57. The minimum absolute atomic E-state index is 0.0283. The number of nitrogens with one attached hydrogen (secondary N) is 1. The zero-order valence-corrected chi connectivity index (χ0v) is 24.9. The number of β-amino-alcohol motifs (C(OH)–C–C–N with tert-alkyl or cyclic N) is 1. The predicted octanol–water partition coefficient (Wildman–Crippen LogP) is 1.57. The number of H-pyrrole nitrogens is 1. The highest BCUT2D eigenvalue weighted by molar-refractivity contribution is 7.89. The van der Waals surface area contributed by atoms with Gasteiger partial charge < -0.3 is 19.4 Å². The number of fused-ring (bicyclic) bond motifs is 1. The minimum Gasteiger partial charge on any atom is -0.493 e. The number of piperazine rings is 1. The van der Waals surface area contributed by atoms with Crippen LogP contribution in [0.3, 0.4) is 0 Å². The second-order valence-electron chi connectivity index (χ2n) is 10.2. The van der Waals surface area contributed by atoms with Crippen LogP contribution in [0.1, 0.15) is 44.1 Å². The molecule has 42 heavy (non-hydrogen) atoms. The standard InChI is InChI=1S/C27H36N8O6S/c1-4-6-21-24-25(31-35(21)17-23-28-18(3)41-32-23)27(37)30-26(29-24)20-16-19(7-8-22(20)40-15-5-2)42(38,39)34-11-9-33(10-12-34)13-14-36/h7-8,16,36H,4-6,9-15,17H2,1-3H3,(H,29,30,37). The van der Waals surface area contributed by atoms with Gasteiger partial charge in [0.25, 0.3) is 5.56 Å². The third-order valence-electron chi connectivity index (χ3n) is 7.10. The molecule has 14 nitrogen and oxygen atoms in total. The Morgan fingerprint density at radius 2 is 1.88 bits per heavy atom. The van der Waals surface area contributed by atoms with Crippen LogP contribution >= 0.6 is 0 Å². The van der Waals surface area contributed by atoms with Crippen molar-refractivity contribution >= 4 is 21.1 Å². The molecule has 0 atom stereocenters. The van der Waals surface area contributed by atoms with Crippen molar-refractivity contribution in [2.45, 2.75) is 51.5 Å². The molecular formula is C27H36N8O6S. The number of benzene rings is 1. The lowest BCUT2D eigenvalue weighted by molar-refractivity contribution is 0.151. The van der Waals surface area contributed by atoms with Gasteiger partial charge >= 0.3 is 0 Å². The maximum atomic E-state index is 13.6. The zero-order chi connectivity index (χ0) is 29.9. The fraction of sp³-hybridized carbons (Fsp3) is 0.519. The van der Waals surface area contributed by atoms with E-state index >= 15 is 0 Å². The molecule has 2 N–H and O–H groups in total. The molecule has 0 bridgehead atoms. The van der Waals surface area contributed by atoms with Crippen LogP contribution in [0.4, 0.5) is 0 Å². The molecule has 1 aliphatic heterocycles. The topological polar surface area (TPSA) is 173 Å². The van der Waals surface area contributed by atoms with Gasteiger partial charge in [-0.15, -0.1) is 0 Å². The molecule has 0 radical (unpaired) electrons. The summed E-state index contributed by atoms with van der Waals surface area (Å²) in [6.45, 7) is 8.53. The Bertz CT molecular complexity index is 1710. The number of aliphatic hydroxyl groups excluding tert-OH is 1. The molecule has 226 valence electrons. The Morgan fingerprint density at radius 3 is 2.55 bits per heavy atom. The first kappa shape index (κ1) is 29.8. The molecule has 4 aromatic rings. The van der Waals surface area contributed by atoms with Gasteiger partial charge in [0.05, 0.1) is 29.4 Å². The molecule has 0 spiro atoms. The number of sulfonamides is 1. The van der Waals surface area contributed by atoms with Crippen molar-refractivity contribution in [3.63, 3.8) is 0 Å². The van der Waals surface area contributed by atoms with E-state index in [0.717, 1.165) is 18.5 Å². The van der Waals surface area contributed by atoms with Crippen LogP contribution in [0.25, 0.3) is 22.4 Å². The van der Waals surface area contributed by atoms with Crippen LogP contribution in [0.5, 0.6) is 5.75 Å². The minimum atomic E-state index is -3.84. The van der Waals surface area contributed by atoms with Crippen molar-refractivity contribution in [3.05, 3.63) is 46.0 Å². The van der Waals surface area contributed by atoms with Crippen molar-refractivity contribution < 1.29 is 22.8 Å². The number of hydrogen-bond acceptors (Lipinski definition) is 11. The summed E-state index contributed by atoms with van der Waals surface area (Å²) in [6.07, 6.45) is 2.11. The monoisotopic (exact) mass is 600 g/mol. The van der Waals surface area contributed by atoms with Crippen LogP contribution in [-0.4, -0.2) is 98.6 Å². The largest absolute Gasteiger partial charge is 0.493 e. The number of rotatable bonds is 12. The lowest BCUT2D eigenvalue weighted by Gasteiger charge is -2.33. The van der Waals surface area contributed by atoms with Gasteiger partial charge in [0, 0.05) is 39.6 Å². The molecule has 0 saturated carbocycles. The molecule has 1 saturated heterocycles. The molecule has 0 unspecified atom stereocenters. The van der Waals surface area contributed by atoms with Gasteiger partial charge in [0.2, 0.25) is 15.9 Å². The van der Waals surface area contributed by atoms with Crippen LogP contribution in [0.2, 0.25) is 0 Å². The molecule has 0 amide bonds. The maximum absolute atomic E-state index is 13.6. The van der Waals surface area contributed by atoms with Crippen molar-refractivity contribution in [2.24, 2.45) is 0 Å². The van der Waals surface area contributed by atoms with E-state index in [2.05, 4.69) is 20.2 Å². The van der Waals surface area contributed by atoms with E-state index in [1.807, 2.05) is 18.7 Å². The van der Waals surface area contributed by atoms with E-state index in [-0.39, 0.29) is 29.4 Å². The number of aromatic amines is 1. The molecule has 4 heterocycles. The van der Waals surface area contributed by atoms with E-state index in [4.69, 9.17) is 14.2 Å². The molecule has 1 aromatic carbocycles. The summed E-state index contributed by atoms with van der Waals surface area (Å²) in [5, 5.41) is 17.7. The summed E-state index contributed by atoms with van der Waals surface area (Å²) < 4.78 is 41.5. The fourth-order valence-corrected chi connectivity index (χ4v) is 6.47. The van der Waals surface area contributed by atoms with Gasteiger partial charge in [-0.1, -0.05) is 25.4 Å². The molecule has 5 rings (SSSR count). The summed E-state index contributed by atoms with van der Waals surface area (Å²) in [5.41, 5.74) is 1.24. The van der Waals surface area contributed by atoms with Gasteiger partial charge in [-0.2, -0.15) is 14.4 Å². The van der Waals surface area contributed by atoms with Crippen molar-refractivity contribution in [1.29, 1.82) is 0 Å². The number of hydrogen-bond donors (Lipinski definition) is 2. The summed E-state index contributed by atoms with van der Waals surface area (Å²) in [6, 6.07) is 4.64. The van der Waals surface area contributed by atoms with Crippen molar-refractivity contribution in [3.8, 4) is 17.1 Å². The van der Waals surface area contributed by atoms with E-state index in [9.17, 15) is 18.3 Å². The molecule has 15 heteroatoms. The first-order valence-electron chi connectivity index (χ1n) is 14.1. The molecular weight excluding hydrogens is 564 g/mol. The summed E-state index contributed by atoms with van der Waals surface area (Å²) in [5.74, 6) is 1.46. The highest BCUT2D eigenvalue weighted by Gasteiger charge is 2.30. The van der Waals surface area contributed by atoms with Gasteiger partial charge in [-0.25, -0.2) is 13.4 Å². The quantitative estimate of drug-likeness (QED) is 0.242. The molecule has 1 fully saturated rings. The lowest BCUT2D eigenvalue weighted by Crippen LogP contribution is -2.49. The zero-order valence-electron chi connectivity index (χ0n) is 24.0. The summed E-state index contributed by atoms with van der Waals surface area (Å²) in [4.78, 5) is 27.3. The summed E-state index contributed by atoms with van der Waals surface area (Å²) in [7, 11) is -3.84. The average Bonchev–Trinajstić information content (AvgIpc) is 3.55. The fourth-order valence-electron chi connectivity index (χ4n) is 5.02. The van der Waals surface area contributed by atoms with Gasteiger partial charge in [-0.3, -0.25) is 14.4 Å². The van der Waals surface area contributed by atoms with Crippen LogP contribution in [-0.2, 0) is 23.0 Å². The predicted molar refractivity (Wildman–Crippen MR) is 154 cm³/mol. The van der Waals surface area contributed by atoms with Gasteiger partial charge in [0.15, 0.2) is 11.3 Å².